The zero-order chi connectivity index (χ0) is 29.3. The molecule has 228 valence electrons. The molecule has 4 aliphatic rings. The van der Waals surface area contributed by atoms with Crippen LogP contribution in [0.4, 0.5) is 11.4 Å². The maximum atomic E-state index is 14.0. The number of fused-ring (bicyclic) bond motifs is 1. The lowest BCUT2D eigenvalue weighted by Crippen LogP contribution is -2.43. The number of thioether (sulfide) groups is 1. The number of piperidine rings is 1. The van der Waals surface area contributed by atoms with Crippen molar-refractivity contribution in [2.24, 2.45) is 5.92 Å². The topological polar surface area (TPSA) is 110 Å². The lowest BCUT2D eigenvalue weighted by atomic mass is 9.98. The Balaban J connectivity index is 1.03. The fourth-order valence-electron chi connectivity index (χ4n) is 6.83. The monoisotopic (exact) mass is 607 g/mol. The van der Waals surface area contributed by atoms with E-state index in [1.165, 1.54) is 0 Å². The van der Waals surface area contributed by atoms with Crippen molar-refractivity contribution in [1.29, 1.82) is 0 Å². The molecule has 0 bridgehead atoms. The van der Waals surface area contributed by atoms with Gasteiger partial charge in [0.25, 0.3) is 0 Å². The molecule has 43 heavy (non-hydrogen) atoms. The van der Waals surface area contributed by atoms with Crippen LogP contribution in [0.1, 0.15) is 38.1 Å². The van der Waals surface area contributed by atoms with E-state index in [9.17, 15) is 14.4 Å². The van der Waals surface area contributed by atoms with Gasteiger partial charge in [-0.2, -0.15) is 0 Å². The Morgan fingerprint density at radius 1 is 0.884 bits per heavy atom. The third-order valence-electron chi connectivity index (χ3n) is 9.18. The molecule has 4 saturated heterocycles. The smallest absolute Gasteiger partial charge is 0.389 e. The number of benzene rings is 1. The van der Waals surface area contributed by atoms with Crippen molar-refractivity contribution in [3.8, 4) is 0 Å². The van der Waals surface area contributed by atoms with Crippen LogP contribution in [0.15, 0.2) is 51.8 Å². The quantitative estimate of drug-likeness (QED) is 0.417. The molecular formula is C31H37N5O6S. The molecule has 3 aromatic rings. The van der Waals surface area contributed by atoms with Gasteiger partial charge in [0, 0.05) is 69.4 Å². The third-order valence-corrected chi connectivity index (χ3v) is 10.7. The highest BCUT2D eigenvalue weighted by Crippen LogP contribution is 2.44. The fraction of sp³-hybridized carbons (Fsp3) is 0.548. The van der Waals surface area contributed by atoms with Crippen LogP contribution < -0.4 is 15.6 Å². The van der Waals surface area contributed by atoms with Gasteiger partial charge in [0.15, 0.2) is 0 Å². The Kier molecular flexibility index (Phi) is 8.15. The molecule has 2 amide bonds. The van der Waals surface area contributed by atoms with Gasteiger partial charge >= 0.3 is 5.76 Å². The zero-order valence-electron chi connectivity index (χ0n) is 24.1. The summed E-state index contributed by atoms with van der Waals surface area (Å²) in [7, 11) is 0. The van der Waals surface area contributed by atoms with E-state index in [1.807, 2.05) is 28.0 Å². The number of rotatable bonds is 6. The lowest BCUT2D eigenvalue weighted by molar-refractivity contribution is -0.133. The lowest BCUT2D eigenvalue weighted by Gasteiger charge is -2.33. The van der Waals surface area contributed by atoms with Crippen LogP contribution in [0.2, 0.25) is 0 Å². The minimum atomic E-state index is -0.427. The Morgan fingerprint density at radius 3 is 2.33 bits per heavy atom. The van der Waals surface area contributed by atoms with Crippen molar-refractivity contribution in [3.63, 3.8) is 0 Å². The summed E-state index contributed by atoms with van der Waals surface area (Å²) in [6.07, 6.45) is 4.88. The molecule has 6 heterocycles. The van der Waals surface area contributed by atoms with E-state index in [2.05, 4.69) is 22.0 Å². The van der Waals surface area contributed by atoms with Gasteiger partial charge in [-0.1, -0.05) is 0 Å². The van der Waals surface area contributed by atoms with E-state index in [0.29, 0.717) is 56.3 Å². The Bertz CT molecular complexity index is 1500. The molecule has 4 fully saturated rings. The van der Waals surface area contributed by atoms with Crippen LogP contribution in [-0.2, 0) is 19.1 Å². The number of anilines is 2. The van der Waals surface area contributed by atoms with Gasteiger partial charge in [0.2, 0.25) is 17.5 Å². The number of carbonyl (C=O) groups is 2. The van der Waals surface area contributed by atoms with Crippen molar-refractivity contribution in [2.75, 3.05) is 62.4 Å². The molecule has 0 spiro atoms. The highest BCUT2D eigenvalue weighted by molar-refractivity contribution is 8.02. The molecule has 0 radical (unpaired) electrons. The Morgan fingerprint density at radius 2 is 1.58 bits per heavy atom. The minimum Gasteiger partial charge on any atom is -0.389 e. The van der Waals surface area contributed by atoms with E-state index in [0.717, 1.165) is 50.5 Å². The van der Waals surface area contributed by atoms with Gasteiger partial charge in [-0.15, -0.1) is 11.8 Å². The second-order valence-electron chi connectivity index (χ2n) is 11.7. The average molecular weight is 608 g/mol. The number of aromatic nitrogens is 2. The third kappa shape index (κ3) is 5.67. The first-order valence-electron chi connectivity index (χ1n) is 15.3. The zero-order valence-corrected chi connectivity index (χ0v) is 25.0. The summed E-state index contributed by atoms with van der Waals surface area (Å²) in [4.78, 5) is 50.3. The van der Waals surface area contributed by atoms with Gasteiger partial charge in [-0.3, -0.25) is 19.1 Å². The number of oxazole rings is 1. The molecule has 4 aliphatic heterocycles. The number of ether oxygens (including phenoxy) is 2. The van der Waals surface area contributed by atoms with Crippen molar-refractivity contribution >= 4 is 46.2 Å². The highest BCUT2D eigenvalue weighted by atomic mass is 32.2. The summed E-state index contributed by atoms with van der Waals surface area (Å²) in [6, 6.07) is 11.8. The summed E-state index contributed by atoms with van der Waals surface area (Å²) < 4.78 is 18.1. The molecule has 2 aromatic heterocycles. The summed E-state index contributed by atoms with van der Waals surface area (Å²) in [5, 5.41) is -0.451. The number of amides is 2. The largest absolute Gasteiger partial charge is 0.421 e. The molecule has 2 unspecified atom stereocenters. The predicted octanol–water partition coefficient (Wildman–Crippen LogP) is 3.28. The fourth-order valence-corrected chi connectivity index (χ4v) is 8.47. The number of pyridine rings is 1. The molecule has 12 heteroatoms. The number of morpholine rings is 1. The van der Waals surface area contributed by atoms with E-state index in [4.69, 9.17) is 13.9 Å². The van der Waals surface area contributed by atoms with Crippen molar-refractivity contribution in [1.82, 2.24) is 14.5 Å². The number of carbonyl (C=O) groups excluding carboxylic acids is 2. The molecule has 2 atom stereocenters. The number of hydrogen-bond acceptors (Lipinski definition) is 9. The average Bonchev–Trinajstić information content (AvgIpc) is 3.57. The van der Waals surface area contributed by atoms with Crippen LogP contribution in [0, 0.1) is 5.92 Å². The van der Waals surface area contributed by atoms with Crippen molar-refractivity contribution in [3.05, 3.63) is 53.1 Å². The first-order chi connectivity index (χ1) is 21.1. The SMILES string of the molecule is O=C(CC1SC(C2CCOCC2)N(c2ccc(N3CCOCC3)cc2)C1=O)N1CCC(n2c(=O)oc3ncccc32)CC1. The maximum absolute atomic E-state index is 14.0. The minimum absolute atomic E-state index is 0.00719. The summed E-state index contributed by atoms with van der Waals surface area (Å²) in [5.74, 6) is -0.0999. The highest BCUT2D eigenvalue weighted by Gasteiger charge is 2.46. The number of hydrogen-bond donors (Lipinski definition) is 0. The molecule has 0 N–H and O–H groups in total. The summed E-state index contributed by atoms with van der Waals surface area (Å²) in [5.41, 5.74) is 3.03. The van der Waals surface area contributed by atoms with E-state index < -0.39 is 11.0 Å². The molecule has 0 aliphatic carbocycles. The van der Waals surface area contributed by atoms with Gasteiger partial charge in [-0.25, -0.2) is 9.78 Å². The van der Waals surface area contributed by atoms with Crippen LogP contribution in [0.5, 0.6) is 0 Å². The van der Waals surface area contributed by atoms with E-state index in [1.54, 1.807) is 28.6 Å². The second-order valence-corrected chi connectivity index (χ2v) is 13.0. The van der Waals surface area contributed by atoms with Gasteiger partial charge in [0.05, 0.1) is 23.8 Å². The van der Waals surface area contributed by atoms with Gasteiger partial charge in [0.1, 0.15) is 5.52 Å². The van der Waals surface area contributed by atoms with Crippen molar-refractivity contribution < 1.29 is 23.5 Å². The van der Waals surface area contributed by atoms with Gasteiger partial charge in [-0.05, 0) is 68.0 Å². The predicted molar refractivity (Wildman–Crippen MR) is 163 cm³/mol. The number of nitrogens with zero attached hydrogens (tertiary/aromatic N) is 5. The Hall–Kier alpha value is -3.35. The van der Waals surface area contributed by atoms with Crippen molar-refractivity contribution in [2.45, 2.75) is 48.8 Å². The van der Waals surface area contributed by atoms with Crippen LogP contribution >= 0.6 is 11.8 Å². The summed E-state index contributed by atoms with van der Waals surface area (Å²) >= 11 is 1.64. The number of likely N-dealkylation sites (tertiary alicyclic amines) is 1. The molecule has 7 rings (SSSR count). The second kappa shape index (κ2) is 12.3. The molecular weight excluding hydrogens is 570 g/mol. The molecule has 0 saturated carbocycles. The summed E-state index contributed by atoms with van der Waals surface area (Å²) in [6.45, 7) is 5.62. The molecule has 1 aromatic carbocycles. The van der Waals surface area contributed by atoms with Gasteiger partial charge < -0.3 is 23.7 Å². The van der Waals surface area contributed by atoms with Crippen LogP contribution in [0.25, 0.3) is 11.2 Å². The van der Waals surface area contributed by atoms with E-state index >= 15 is 0 Å². The Labute approximate surface area is 254 Å². The first kappa shape index (κ1) is 28.4. The van der Waals surface area contributed by atoms with E-state index in [-0.39, 0.29) is 29.7 Å². The standard InChI is InChI=1S/C31H37N5O6S/c37-27(34-12-7-24(8-13-34)35-25-2-1-11-32-28(25)42-31(35)39)20-26-29(38)36(30(43-26)21-9-16-40-17-10-21)23-5-3-22(4-6-23)33-14-18-41-19-15-33/h1-6,11,21,24,26,30H,7-10,12-20H2. The van der Waals surface area contributed by atoms with Crippen LogP contribution in [-0.4, -0.2) is 89.5 Å². The normalized spacial score (nSPS) is 24.3. The van der Waals surface area contributed by atoms with Crippen LogP contribution in [0.3, 0.4) is 0 Å². The first-order valence-corrected chi connectivity index (χ1v) is 16.2. The molecule has 11 nitrogen and oxygen atoms in total. The maximum Gasteiger partial charge on any atom is 0.421 e.